The molecule has 0 spiro atoms. The van der Waals surface area contributed by atoms with E-state index in [1.54, 1.807) is 0 Å². The highest BCUT2D eigenvalue weighted by molar-refractivity contribution is 8.28. The molecule has 0 saturated heterocycles. The van der Waals surface area contributed by atoms with Crippen LogP contribution in [0.2, 0.25) is 0 Å². The predicted molar refractivity (Wildman–Crippen MR) is 66.6 cm³/mol. The second-order valence-corrected chi connectivity index (χ2v) is 9.42. The van der Waals surface area contributed by atoms with Gasteiger partial charge in [0.2, 0.25) is 0 Å². The average molecular weight is 420 g/mol. The highest BCUT2D eigenvalue weighted by Gasteiger charge is 2.86. The fraction of sp³-hybridized carbons (Fsp3) is 1.00. The Morgan fingerprint density at radius 3 is 1.46 bits per heavy atom. The fourth-order valence-electron chi connectivity index (χ4n) is 1.26. The van der Waals surface area contributed by atoms with E-state index in [9.17, 15) is 47.9 Å². The molecule has 4 nitrogen and oxygen atoms in total. The van der Waals surface area contributed by atoms with Gasteiger partial charge < -0.3 is 0 Å². The minimum Gasteiger partial charge on any atom is -0.281 e. The molecule has 0 rings (SSSR count). The van der Waals surface area contributed by atoms with Gasteiger partial charge in [0, 0.05) is 12.5 Å². The van der Waals surface area contributed by atoms with Crippen LogP contribution in [0, 0.1) is 0 Å². The van der Waals surface area contributed by atoms with E-state index in [2.05, 4.69) is 3.63 Å². The minimum atomic E-state index is -7.34. The molecule has 0 N–H and O–H groups in total. The molecule has 148 valence electrons. The summed E-state index contributed by atoms with van der Waals surface area (Å²) in [6.45, 7) is 2.55. The molecule has 0 radical (unpaired) electrons. The first-order valence-electron chi connectivity index (χ1n) is 5.70. The summed E-state index contributed by atoms with van der Waals surface area (Å²) in [7, 11) is -10.4. The lowest BCUT2D eigenvalue weighted by molar-refractivity contribution is -0.382. The van der Waals surface area contributed by atoms with Gasteiger partial charge in [0.15, 0.2) is 0 Å². The summed E-state index contributed by atoms with van der Waals surface area (Å²) in [6, 6.07) is 0. The van der Waals surface area contributed by atoms with Crippen LogP contribution in [0.4, 0.5) is 39.5 Å². The lowest BCUT2D eigenvalue weighted by Gasteiger charge is -2.38. The first-order valence-corrected chi connectivity index (χ1v) is 9.40. The van der Waals surface area contributed by atoms with Crippen molar-refractivity contribution in [2.24, 2.45) is 0 Å². The Bertz CT molecular complexity index is 554. The zero-order valence-electron chi connectivity index (χ0n) is 12.4. The van der Waals surface area contributed by atoms with Gasteiger partial charge in [-0.1, -0.05) is 0 Å². The van der Waals surface area contributed by atoms with Crippen LogP contribution in [0.25, 0.3) is 0 Å². The maximum absolute atomic E-state index is 13.4. The normalized spacial score (nSPS) is 16.6. The molecule has 0 aromatic carbocycles. The van der Waals surface area contributed by atoms with E-state index in [0.29, 0.717) is 0 Å². The predicted octanol–water partition coefficient (Wildman–Crippen LogP) is 4.08. The van der Waals surface area contributed by atoms with Crippen LogP contribution in [-0.4, -0.2) is 50.3 Å². The maximum Gasteiger partial charge on any atom is 0.460 e. The fourth-order valence-corrected chi connectivity index (χ4v) is 4.82. The molecule has 0 aliphatic heterocycles. The Hall–Kier alpha value is -0.410. The minimum absolute atomic E-state index is 0.737. The Balaban J connectivity index is 5.96. The summed E-state index contributed by atoms with van der Waals surface area (Å²) in [5, 5.41) is -6.89. The van der Waals surface area contributed by atoms with E-state index in [1.165, 1.54) is 13.8 Å². The quantitative estimate of drug-likeness (QED) is 0.583. The molecule has 0 aromatic rings. The van der Waals surface area contributed by atoms with Crippen LogP contribution in [0.5, 0.6) is 0 Å². The Morgan fingerprint density at radius 2 is 1.17 bits per heavy atom. The highest BCUT2D eigenvalue weighted by atomic mass is 32.3. The molecule has 0 fully saturated rings. The third kappa shape index (κ3) is 4.22. The topological polar surface area (TPSA) is 52.6 Å². The largest absolute Gasteiger partial charge is 0.460 e. The van der Waals surface area contributed by atoms with Crippen molar-refractivity contribution in [3.63, 3.8) is 0 Å². The molecule has 0 aliphatic rings. The van der Waals surface area contributed by atoms with Crippen LogP contribution in [0.3, 0.4) is 0 Å². The second kappa shape index (κ2) is 6.39. The number of halogens is 9. The lowest BCUT2D eigenvalue weighted by atomic mass is 10.1. The van der Waals surface area contributed by atoms with Crippen LogP contribution in [-0.2, 0) is 17.9 Å². The smallest absolute Gasteiger partial charge is 0.281 e. The Labute approximate surface area is 133 Å². The molecular formula is C9H13F9O4S2. The molecule has 0 amide bonds. The summed E-state index contributed by atoms with van der Waals surface area (Å²) >= 11 is 0. The zero-order valence-corrected chi connectivity index (χ0v) is 14.1. The van der Waals surface area contributed by atoms with Crippen LogP contribution < -0.4 is 0 Å². The van der Waals surface area contributed by atoms with Crippen molar-refractivity contribution in [1.29, 1.82) is 0 Å². The van der Waals surface area contributed by atoms with Crippen molar-refractivity contribution in [2.45, 2.75) is 43.2 Å². The van der Waals surface area contributed by atoms with Crippen molar-refractivity contribution in [2.75, 3.05) is 12.5 Å². The first-order chi connectivity index (χ1) is 10.1. The molecule has 0 saturated carbocycles. The van der Waals surface area contributed by atoms with Crippen molar-refractivity contribution >= 4 is 20.7 Å². The van der Waals surface area contributed by atoms with E-state index >= 15 is 0 Å². The third-order valence-electron chi connectivity index (χ3n) is 2.11. The van der Waals surface area contributed by atoms with Gasteiger partial charge >= 0.3 is 33.4 Å². The summed E-state index contributed by atoms with van der Waals surface area (Å²) in [5.74, 6) is -14.7. The van der Waals surface area contributed by atoms with E-state index in [1.807, 2.05) is 0 Å². The SMILES string of the molecule is CC(C)OS(C)(C)OS(=O)(=O)C(F)(F)C(F)(F)C(F)(F)C(F)(F)F. The second-order valence-electron chi connectivity index (χ2n) is 4.97. The van der Waals surface area contributed by atoms with Crippen molar-refractivity contribution in [3.05, 3.63) is 0 Å². The van der Waals surface area contributed by atoms with Crippen molar-refractivity contribution in [3.8, 4) is 0 Å². The van der Waals surface area contributed by atoms with Crippen molar-refractivity contribution in [1.82, 2.24) is 0 Å². The van der Waals surface area contributed by atoms with Crippen LogP contribution >= 0.6 is 10.6 Å². The van der Waals surface area contributed by atoms with Crippen LogP contribution in [0.15, 0.2) is 0 Å². The highest BCUT2D eigenvalue weighted by Crippen LogP contribution is 2.57. The summed E-state index contributed by atoms with van der Waals surface area (Å²) in [6.07, 6.45) is -6.51. The van der Waals surface area contributed by atoms with Gasteiger partial charge in [-0.2, -0.15) is 62.2 Å². The Kier molecular flexibility index (Phi) is 6.28. The monoisotopic (exact) mass is 420 g/mol. The van der Waals surface area contributed by atoms with E-state index in [0.717, 1.165) is 12.5 Å². The van der Waals surface area contributed by atoms with Gasteiger partial charge in [-0.05, 0) is 13.8 Å². The maximum atomic E-state index is 13.4. The molecule has 0 aromatic heterocycles. The molecule has 0 atom stereocenters. The van der Waals surface area contributed by atoms with Gasteiger partial charge in [0.05, 0.1) is 6.10 Å². The van der Waals surface area contributed by atoms with Gasteiger partial charge in [-0.3, -0.25) is 4.18 Å². The van der Waals surface area contributed by atoms with Gasteiger partial charge in [-0.15, -0.1) is 0 Å². The standard InChI is InChI=1S/C9H13F9O4S2/c1-5(2)21-23(3,4)22-24(19,20)9(17,18)7(12,13)6(10,11)8(14,15)16/h5H,1-4H3. The van der Waals surface area contributed by atoms with E-state index in [4.69, 9.17) is 4.18 Å². The zero-order chi connectivity index (χ0) is 20.0. The molecule has 0 unspecified atom stereocenters. The van der Waals surface area contributed by atoms with Crippen molar-refractivity contribution < 1.29 is 55.7 Å². The summed E-state index contributed by atoms with van der Waals surface area (Å²) in [5.41, 5.74) is 0. The van der Waals surface area contributed by atoms with Crippen LogP contribution in [0.1, 0.15) is 13.8 Å². The first kappa shape index (κ1) is 23.6. The number of rotatable bonds is 7. The van der Waals surface area contributed by atoms with E-state index in [-0.39, 0.29) is 0 Å². The van der Waals surface area contributed by atoms with Gasteiger partial charge in [-0.25, -0.2) is 0 Å². The van der Waals surface area contributed by atoms with Gasteiger partial charge in [0.25, 0.3) is 0 Å². The summed E-state index contributed by atoms with van der Waals surface area (Å²) < 4.78 is 145. The molecular weight excluding hydrogens is 407 g/mol. The summed E-state index contributed by atoms with van der Waals surface area (Å²) in [4.78, 5) is 0. The Morgan fingerprint density at radius 1 is 0.792 bits per heavy atom. The number of hydrogen-bond donors (Lipinski definition) is 0. The number of alkyl halides is 9. The van der Waals surface area contributed by atoms with E-state index < -0.39 is 50.1 Å². The molecule has 15 heteroatoms. The lowest BCUT2D eigenvalue weighted by Crippen LogP contribution is -2.63. The molecule has 0 aliphatic carbocycles. The molecule has 0 heterocycles. The number of hydrogen-bond acceptors (Lipinski definition) is 4. The molecule has 24 heavy (non-hydrogen) atoms. The van der Waals surface area contributed by atoms with Gasteiger partial charge in [0.1, 0.15) is 0 Å². The third-order valence-corrected chi connectivity index (χ3v) is 5.87. The molecule has 0 bridgehead atoms. The average Bonchev–Trinajstić information content (AvgIpc) is 2.22.